The van der Waals surface area contributed by atoms with Crippen molar-refractivity contribution in [3.8, 4) is 0 Å². The molecule has 2 aromatic rings. The van der Waals surface area contributed by atoms with Crippen molar-refractivity contribution >= 4 is 11.8 Å². The highest BCUT2D eigenvalue weighted by atomic mass is 32.2. The first-order valence-corrected chi connectivity index (χ1v) is 7.10. The molecule has 0 atom stereocenters. The molecule has 0 aliphatic rings. The van der Waals surface area contributed by atoms with Gasteiger partial charge in [-0.25, -0.2) is 0 Å². The van der Waals surface area contributed by atoms with Gasteiger partial charge in [-0.05, 0) is 42.4 Å². The first-order valence-electron chi connectivity index (χ1n) is 6.28. The molecule has 2 aromatic carbocycles. The lowest BCUT2D eigenvalue weighted by Gasteiger charge is -2.02. The van der Waals surface area contributed by atoms with Crippen LogP contribution >= 0.6 is 11.8 Å². The number of hydrogen-bond donors (Lipinski definition) is 0. The zero-order chi connectivity index (χ0) is 12.6. The lowest BCUT2D eigenvalue weighted by molar-refractivity contribution is 0.998. The minimum atomic E-state index is 1.11. The summed E-state index contributed by atoms with van der Waals surface area (Å²) in [5.74, 6) is 0. The fraction of sp³-hybridized carbons (Fsp3) is 0.176. The molecule has 0 heterocycles. The van der Waals surface area contributed by atoms with Gasteiger partial charge in [0.1, 0.15) is 0 Å². The molecule has 0 radical (unpaired) electrons. The zero-order valence-corrected chi connectivity index (χ0v) is 11.5. The van der Waals surface area contributed by atoms with Crippen molar-refractivity contribution in [1.29, 1.82) is 0 Å². The van der Waals surface area contributed by atoms with Crippen LogP contribution in [0.1, 0.15) is 18.9 Å². The molecule has 0 saturated heterocycles. The third-order valence-electron chi connectivity index (χ3n) is 2.73. The summed E-state index contributed by atoms with van der Waals surface area (Å²) < 4.78 is 0. The smallest absolute Gasteiger partial charge is 0.0118 e. The Morgan fingerprint density at radius 1 is 0.944 bits per heavy atom. The minimum Gasteiger partial charge on any atom is -0.0952 e. The summed E-state index contributed by atoms with van der Waals surface area (Å²) in [4.78, 5) is 2.68. The van der Waals surface area contributed by atoms with E-state index in [2.05, 4.69) is 73.7 Å². The van der Waals surface area contributed by atoms with Gasteiger partial charge >= 0.3 is 0 Å². The van der Waals surface area contributed by atoms with Gasteiger partial charge in [0.05, 0.1) is 0 Å². The molecule has 0 aliphatic heterocycles. The molecule has 0 aromatic heterocycles. The average molecular weight is 254 g/mol. The third kappa shape index (κ3) is 4.42. The van der Waals surface area contributed by atoms with Gasteiger partial charge in [0.25, 0.3) is 0 Å². The predicted molar refractivity (Wildman–Crippen MR) is 80.8 cm³/mol. The maximum atomic E-state index is 2.32. The molecule has 2 rings (SSSR count). The molecule has 0 amide bonds. The summed E-state index contributed by atoms with van der Waals surface area (Å²) in [5, 5.41) is 0. The molecular formula is C17H18S. The Morgan fingerprint density at radius 3 is 2.22 bits per heavy atom. The summed E-state index contributed by atoms with van der Waals surface area (Å²) in [6, 6.07) is 21.2. The van der Waals surface area contributed by atoms with Crippen LogP contribution in [0.5, 0.6) is 0 Å². The third-order valence-corrected chi connectivity index (χ3v) is 3.73. The molecule has 0 unspecified atom stereocenters. The molecule has 0 nitrogen and oxygen atoms in total. The second-order valence-corrected chi connectivity index (χ2v) is 5.57. The molecular weight excluding hydrogens is 236 g/mol. The van der Waals surface area contributed by atoms with Crippen molar-refractivity contribution in [2.24, 2.45) is 0 Å². The number of thioether (sulfide) groups is 1. The maximum absolute atomic E-state index is 2.32. The molecule has 0 N–H and O–H groups in total. The molecule has 0 fully saturated rings. The second-order valence-electron chi connectivity index (χ2n) is 4.25. The van der Waals surface area contributed by atoms with Crippen LogP contribution < -0.4 is 0 Å². The van der Waals surface area contributed by atoms with Gasteiger partial charge in [-0.1, -0.05) is 66.4 Å². The minimum absolute atomic E-state index is 1.11. The van der Waals surface area contributed by atoms with E-state index in [0.29, 0.717) is 0 Å². The van der Waals surface area contributed by atoms with E-state index in [1.807, 2.05) is 11.8 Å². The number of rotatable bonds is 5. The van der Waals surface area contributed by atoms with Crippen LogP contribution in [0.15, 0.2) is 76.5 Å². The van der Waals surface area contributed by atoms with E-state index in [4.69, 9.17) is 0 Å². The highest BCUT2D eigenvalue weighted by molar-refractivity contribution is 8.03. The molecule has 18 heavy (non-hydrogen) atoms. The van der Waals surface area contributed by atoms with Gasteiger partial charge in [0, 0.05) is 4.90 Å². The predicted octanol–water partition coefficient (Wildman–Crippen LogP) is 5.32. The number of benzene rings is 2. The highest BCUT2D eigenvalue weighted by Crippen LogP contribution is 2.25. The Kier molecular flexibility index (Phi) is 5.10. The lowest BCUT2D eigenvalue weighted by atomic mass is 10.1. The van der Waals surface area contributed by atoms with E-state index in [-0.39, 0.29) is 0 Å². The largest absolute Gasteiger partial charge is 0.0952 e. The SMILES string of the molecule is C/C(=C\CCc1ccccc1)Sc1ccccc1. The van der Waals surface area contributed by atoms with Crippen molar-refractivity contribution in [2.45, 2.75) is 24.7 Å². The van der Waals surface area contributed by atoms with Gasteiger partial charge in [-0.15, -0.1) is 0 Å². The van der Waals surface area contributed by atoms with Gasteiger partial charge in [0.2, 0.25) is 0 Å². The average Bonchev–Trinajstić information content (AvgIpc) is 2.41. The Hall–Kier alpha value is -1.47. The van der Waals surface area contributed by atoms with Gasteiger partial charge in [-0.3, -0.25) is 0 Å². The van der Waals surface area contributed by atoms with E-state index in [1.54, 1.807) is 0 Å². The number of allylic oxidation sites excluding steroid dienone is 2. The second kappa shape index (κ2) is 7.07. The molecule has 1 heteroatoms. The summed E-state index contributed by atoms with van der Waals surface area (Å²) >= 11 is 1.84. The van der Waals surface area contributed by atoms with Gasteiger partial charge < -0.3 is 0 Å². The van der Waals surface area contributed by atoms with Crippen molar-refractivity contribution in [2.75, 3.05) is 0 Å². The van der Waals surface area contributed by atoms with Crippen molar-refractivity contribution in [3.63, 3.8) is 0 Å². The van der Waals surface area contributed by atoms with E-state index in [9.17, 15) is 0 Å². The molecule has 0 aliphatic carbocycles. The first kappa shape index (κ1) is 13.0. The Balaban J connectivity index is 1.83. The summed E-state index contributed by atoms with van der Waals surface area (Å²) in [6.07, 6.45) is 4.55. The Labute approximate surface area is 114 Å². The summed E-state index contributed by atoms with van der Waals surface area (Å²) in [6.45, 7) is 2.18. The van der Waals surface area contributed by atoms with Crippen LogP contribution in [0.2, 0.25) is 0 Å². The topological polar surface area (TPSA) is 0 Å². The van der Waals surface area contributed by atoms with Crippen molar-refractivity contribution in [1.82, 2.24) is 0 Å². The van der Waals surface area contributed by atoms with Crippen LogP contribution in [0.25, 0.3) is 0 Å². The van der Waals surface area contributed by atoms with E-state index < -0.39 is 0 Å². The molecule has 0 saturated carbocycles. The van der Waals surface area contributed by atoms with E-state index in [1.165, 1.54) is 15.4 Å². The van der Waals surface area contributed by atoms with Crippen molar-refractivity contribution < 1.29 is 0 Å². The lowest BCUT2D eigenvalue weighted by Crippen LogP contribution is -1.82. The van der Waals surface area contributed by atoms with Crippen LogP contribution in [0.3, 0.4) is 0 Å². The molecule has 0 bridgehead atoms. The summed E-state index contributed by atoms with van der Waals surface area (Å²) in [7, 11) is 0. The normalized spacial score (nSPS) is 11.5. The van der Waals surface area contributed by atoms with Crippen LogP contribution in [0, 0.1) is 0 Å². The van der Waals surface area contributed by atoms with Gasteiger partial charge in [0.15, 0.2) is 0 Å². The number of hydrogen-bond acceptors (Lipinski definition) is 1. The summed E-state index contributed by atoms with van der Waals surface area (Å²) in [5.41, 5.74) is 1.41. The standard InChI is InChI=1S/C17H18S/c1-15(18-17-13-6-3-7-14-17)9-8-12-16-10-4-2-5-11-16/h2-7,9-11,13-14H,8,12H2,1H3/b15-9+. The van der Waals surface area contributed by atoms with Crippen LogP contribution in [-0.4, -0.2) is 0 Å². The maximum Gasteiger partial charge on any atom is 0.0118 e. The molecule has 0 spiro atoms. The van der Waals surface area contributed by atoms with Gasteiger partial charge in [-0.2, -0.15) is 0 Å². The fourth-order valence-electron chi connectivity index (χ4n) is 1.80. The fourth-order valence-corrected chi connectivity index (χ4v) is 2.67. The van der Waals surface area contributed by atoms with Crippen molar-refractivity contribution in [3.05, 3.63) is 77.2 Å². The van der Waals surface area contributed by atoms with E-state index in [0.717, 1.165) is 12.8 Å². The molecule has 92 valence electrons. The quantitative estimate of drug-likeness (QED) is 0.651. The van der Waals surface area contributed by atoms with E-state index >= 15 is 0 Å². The monoisotopic (exact) mass is 254 g/mol. The number of aryl methyl sites for hydroxylation is 1. The first-order chi connectivity index (χ1) is 8.84. The zero-order valence-electron chi connectivity index (χ0n) is 10.7. The highest BCUT2D eigenvalue weighted by Gasteiger charge is 1.95. The Morgan fingerprint density at radius 2 is 1.56 bits per heavy atom. The Bertz CT molecular complexity index is 486. The van der Waals surface area contributed by atoms with Crippen LogP contribution in [-0.2, 0) is 6.42 Å². The van der Waals surface area contributed by atoms with Crippen LogP contribution in [0.4, 0.5) is 0 Å².